The highest BCUT2D eigenvalue weighted by atomic mass is 35.5. The number of sulfonamides is 1. The van der Waals surface area contributed by atoms with Crippen molar-refractivity contribution in [1.82, 2.24) is 14.5 Å². The maximum atomic E-state index is 12.9. The lowest BCUT2D eigenvalue weighted by Gasteiger charge is -2.40. The molecule has 10 nitrogen and oxygen atoms in total. The van der Waals surface area contributed by atoms with E-state index in [4.69, 9.17) is 26.5 Å². The molecular weight excluding hydrogens is 512 g/mol. The summed E-state index contributed by atoms with van der Waals surface area (Å²) in [6.07, 6.45) is 1.94. The molecule has 13 heteroatoms. The Morgan fingerprint density at radius 1 is 1.11 bits per heavy atom. The molecule has 1 saturated heterocycles. The molecule has 0 aliphatic carbocycles. The van der Waals surface area contributed by atoms with Gasteiger partial charge in [-0.1, -0.05) is 11.6 Å². The zero-order chi connectivity index (χ0) is 24.8. The number of carbonyl (C=O) groups is 1. The number of hydrogen-bond donors (Lipinski definition) is 3. The Morgan fingerprint density at radius 2 is 1.83 bits per heavy atom. The van der Waals surface area contributed by atoms with E-state index >= 15 is 0 Å². The van der Waals surface area contributed by atoms with Crippen LogP contribution >= 0.6 is 23.4 Å². The van der Waals surface area contributed by atoms with Crippen LogP contribution in [-0.4, -0.2) is 57.0 Å². The Bertz CT molecular complexity index is 1430. The van der Waals surface area contributed by atoms with Crippen LogP contribution in [0.4, 0.5) is 27.7 Å². The number of anilines is 2. The first kappa shape index (κ1) is 24.0. The summed E-state index contributed by atoms with van der Waals surface area (Å²) < 4.78 is 29.0. The van der Waals surface area contributed by atoms with Gasteiger partial charge in [0, 0.05) is 17.3 Å². The summed E-state index contributed by atoms with van der Waals surface area (Å²) >= 11 is 8.05. The van der Waals surface area contributed by atoms with Gasteiger partial charge in [0.15, 0.2) is 16.7 Å². The highest BCUT2D eigenvalue weighted by Gasteiger charge is 2.44. The van der Waals surface area contributed by atoms with Crippen LogP contribution in [0.5, 0.6) is 0 Å². The van der Waals surface area contributed by atoms with E-state index < -0.39 is 16.1 Å². The van der Waals surface area contributed by atoms with Crippen molar-refractivity contribution in [3.05, 3.63) is 47.6 Å². The first-order valence-corrected chi connectivity index (χ1v) is 13.8. The molecular formula is C22H22ClN6O4S2+. The fourth-order valence-electron chi connectivity index (χ4n) is 4.37. The molecule has 35 heavy (non-hydrogen) atoms. The molecule has 182 valence electrons. The van der Waals surface area contributed by atoms with E-state index in [1.807, 2.05) is 24.5 Å². The number of nitrogens with two attached hydrogens (primary N) is 1. The summed E-state index contributed by atoms with van der Waals surface area (Å²) in [7, 11) is -3.82. The number of carbonyl (C=O) groups excluding carboxylic acids is 1. The van der Waals surface area contributed by atoms with Crippen molar-refractivity contribution in [3.63, 3.8) is 0 Å². The molecule has 5 rings (SSSR count). The average molecular weight is 534 g/mol. The Kier molecular flexibility index (Phi) is 6.20. The van der Waals surface area contributed by atoms with Crippen molar-refractivity contribution in [2.24, 2.45) is 5.14 Å². The van der Waals surface area contributed by atoms with E-state index in [9.17, 15) is 13.2 Å². The summed E-state index contributed by atoms with van der Waals surface area (Å²) in [5.41, 5.74) is 2.71. The van der Waals surface area contributed by atoms with E-state index in [0.717, 1.165) is 22.0 Å². The van der Waals surface area contributed by atoms with Crippen LogP contribution in [-0.2, 0) is 14.8 Å². The smallest absolute Gasteiger partial charge is 0.323 e. The first-order valence-electron chi connectivity index (χ1n) is 10.6. The summed E-state index contributed by atoms with van der Waals surface area (Å²) in [5, 5.41) is 11.2. The van der Waals surface area contributed by atoms with Gasteiger partial charge in [0.25, 0.3) is 5.82 Å². The zero-order valence-corrected chi connectivity index (χ0v) is 21.0. The number of urea groups is 1. The van der Waals surface area contributed by atoms with Gasteiger partial charge in [0.2, 0.25) is 10.0 Å². The number of rotatable bonds is 4. The summed E-state index contributed by atoms with van der Waals surface area (Å²) in [5.74, 6) is 1.33. The first-order chi connectivity index (χ1) is 16.7. The van der Waals surface area contributed by atoms with Crippen LogP contribution in [0.2, 0.25) is 5.15 Å². The Hall–Kier alpha value is -2.74. The number of thioether (sulfide) groups is 1. The van der Waals surface area contributed by atoms with E-state index in [2.05, 4.69) is 15.6 Å². The molecule has 2 aliphatic rings. The second-order valence-electron chi connectivity index (χ2n) is 8.10. The van der Waals surface area contributed by atoms with E-state index in [1.165, 1.54) is 36.0 Å². The molecule has 0 saturated carbocycles. The maximum Gasteiger partial charge on any atom is 0.323 e. The number of amides is 2. The van der Waals surface area contributed by atoms with Crippen LogP contribution in [0.1, 0.15) is 0 Å². The summed E-state index contributed by atoms with van der Waals surface area (Å²) in [6, 6.07) is 10.8. The molecule has 4 bridgehead atoms. The third-order valence-electron chi connectivity index (χ3n) is 6.06. The number of hydrogen-bond acceptors (Lipinski definition) is 7. The number of aromatic nitrogens is 2. The van der Waals surface area contributed by atoms with Crippen LogP contribution in [0.25, 0.3) is 11.4 Å². The minimum atomic E-state index is -3.82. The molecule has 0 radical (unpaired) electrons. The molecule has 3 aromatic rings. The Morgan fingerprint density at radius 3 is 2.49 bits per heavy atom. The average Bonchev–Trinajstić information content (AvgIpc) is 2.90. The topological polar surface area (TPSA) is 136 Å². The summed E-state index contributed by atoms with van der Waals surface area (Å²) in [6.45, 7) is 2.29. The monoisotopic (exact) mass is 533 g/mol. The molecule has 1 aromatic heterocycles. The van der Waals surface area contributed by atoms with Crippen molar-refractivity contribution in [2.75, 3.05) is 43.2 Å². The molecule has 2 aromatic carbocycles. The minimum absolute atomic E-state index is 0.0374. The molecule has 0 atom stereocenters. The predicted molar refractivity (Wildman–Crippen MR) is 137 cm³/mol. The Balaban J connectivity index is 1.51. The largest absolute Gasteiger partial charge is 0.370 e. The van der Waals surface area contributed by atoms with Gasteiger partial charge in [0.1, 0.15) is 23.7 Å². The number of fused-ring (bicyclic) bond motifs is 7. The lowest BCUT2D eigenvalue weighted by molar-refractivity contribution is 0.0624. The number of ether oxygens (including phenoxy) is 1. The SMILES string of the molecule is CSc1c(Cl)nc2nc1[N+]1(CCOCC1)c1cc-2ccc1NC(=O)Nc1ccc(S(N)(=O)=O)cc1. The van der Waals surface area contributed by atoms with E-state index in [0.29, 0.717) is 53.1 Å². The number of morpholine rings is 1. The van der Waals surface area contributed by atoms with Gasteiger partial charge in [-0.05, 0) is 42.7 Å². The second kappa shape index (κ2) is 9.04. The molecule has 0 unspecified atom stereocenters. The number of benzene rings is 2. The lowest BCUT2D eigenvalue weighted by atomic mass is 10.1. The minimum Gasteiger partial charge on any atom is -0.370 e. The van der Waals surface area contributed by atoms with Gasteiger partial charge < -0.3 is 15.4 Å². The van der Waals surface area contributed by atoms with Crippen LogP contribution in [0.15, 0.2) is 52.3 Å². The van der Waals surface area contributed by atoms with Gasteiger partial charge in [-0.15, -0.1) is 11.8 Å². The molecule has 1 spiro atoms. The molecule has 2 aliphatic heterocycles. The zero-order valence-electron chi connectivity index (χ0n) is 18.6. The number of quaternary nitrogens is 1. The third-order valence-corrected chi connectivity index (χ3v) is 8.16. The maximum absolute atomic E-state index is 12.9. The van der Waals surface area contributed by atoms with E-state index in [1.54, 1.807) is 0 Å². The van der Waals surface area contributed by atoms with Gasteiger partial charge in [-0.3, -0.25) is 0 Å². The van der Waals surface area contributed by atoms with Crippen LogP contribution in [0.3, 0.4) is 0 Å². The van der Waals surface area contributed by atoms with Crippen molar-refractivity contribution < 1.29 is 17.9 Å². The normalized spacial score (nSPS) is 16.0. The van der Waals surface area contributed by atoms with E-state index in [-0.39, 0.29) is 4.90 Å². The van der Waals surface area contributed by atoms with Gasteiger partial charge in [-0.2, -0.15) is 4.98 Å². The van der Waals surface area contributed by atoms with Gasteiger partial charge in [0.05, 0.1) is 18.1 Å². The van der Waals surface area contributed by atoms with Crippen molar-refractivity contribution >= 4 is 62.3 Å². The second-order valence-corrected chi connectivity index (χ2v) is 10.8. The van der Waals surface area contributed by atoms with Crippen molar-refractivity contribution in [3.8, 4) is 11.4 Å². The van der Waals surface area contributed by atoms with Crippen molar-refractivity contribution in [2.45, 2.75) is 9.79 Å². The molecule has 4 N–H and O–H groups in total. The number of nitrogens with one attached hydrogen (secondary N) is 2. The molecule has 3 heterocycles. The van der Waals surface area contributed by atoms with Crippen LogP contribution in [0, 0.1) is 0 Å². The van der Waals surface area contributed by atoms with Gasteiger partial charge >= 0.3 is 6.03 Å². The highest BCUT2D eigenvalue weighted by molar-refractivity contribution is 7.98. The fourth-order valence-corrected chi connectivity index (χ4v) is 5.90. The summed E-state index contributed by atoms with van der Waals surface area (Å²) in [4.78, 5) is 23.1. The molecule has 2 amide bonds. The van der Waals surface area contributed by atoms with Crippen molar-refractivity contribution in [1.29, 1.82) is 0 Å². The number of halogens is 1. The Labute approximate surface area is 211 Å². The lowest BCUT2D eigenvalue weighted by Crippen LogP contribution is -2.53. The molecule has 1 fully saturated rings. The number of nitrogens with zero attached hydrogens (tertiary/aromatic N) is 3. The third kappa shape index (κ3) is 4.37. The van der Waals surface area contributed by atoms with Crippen LogP contribution < -0.4 is 20.3 Å². The number of primary sulfonamides is 1. The van der Waals surface area contributed by atoms with Gasteiger partial charge in [-0.25, -0.2) is 27.8 Å². The quantitative estimate of drug-likeness (QED) is 0.263. The fraction of sp³-hybridized carbons (Fsp3) is 0.227. The predicted octanol–water partition coefficient (Wildman–Crippen LogP) is 3.79. The highest BCUT2D eigenvalue weighted by Crippen LogP contribution is 2.49. The standard InChI is InChI=1S/C22H21ClN6O4S2/c1-34-18-19(23)27-20-13-2-7-16(17(12-13)29(21(18)28-20)8-10-33-11-9-29)26-22(30)25-14-3-5-15(6-4-14)35(24,31)32/h2-7,12H,8-11H2,1H3,(H3-,24,25,26,27,28,30,31,32)/p+1.